The summed E-state index contributed by atoms with van der Waals surface area (Å²) in [6.45, 7) is 3.68. The van der Waals surface area contributed by atoms with E-state index in [4.69, 9.17) is 9.47 Å². The summed E-state index contributed by atoms with van der Waals surface area (Å²) >= 11 is 0. The van der Waals surface area contributed by atoms with Gasteiger partial charge in [-0.1, -0.05) is 12.1 Å². The summed E-state index contributed by atoms with van der Waals surface area (Å²) < 4.78 is 52.6. The highest BCUT2D eigenvalue weighted by atomic mass is 19.4. The van der Waals surface area contributed by atoms with Crippen molar-refractivity contribution in [2.45, 2.75) is 57.9 Å². The number of nitrogens with zero attached hydrogens (tertiary/aromatic N) is 2. The van der Waals surface area contributed by atoms with Gasteiger partial charge in [0.2, 0.25) is 5.95 Å². The molecule has 1 aliphatic rings. The van der Waals surface area contributed by atoms with Crippen molar-refractivity contribution in [2.75, 3.05) is 10.6 Å². The van der Waals surface area contributed by atoms with Crippen molar-refractivity contribution in [3.8, 4) is 11.5 Å². The first-order chi connectivity index (χ1) is 16.3. The molecule has 3 aromatic rings. The van der Waals surface area contributed by atoms with Gasteiger partial charge in [0.1, 0.15) is 22.9 Å². The molecule has 1 heterocycles. The van der Waals surface area contributed by atoms with Crippen molar-refractivity contribution in [2.24, 2.45) is 0 Å². The second-order valence-electron chi connectivity index (χ2n) is 8.42. The summed E-state index contributed by atoms with van der Waals surface area (Å²) in [5.74, 6) is 0.847. The number of alkyl halides is 3. The van der Waals surface area contributed by atoms with Crippen LogP contribution in [0, 0.1) is 0 Å². The summed E-state index contributed by atoms with van der Waals surface area (Å²) in [6, 6.07) is 14.0. The molecule has 0 amide bonds. The highest BCUT2D eigenvalue weighted by Crippen LogP contribution is 2.37. The number of anilines is 4. The van der Waals surface area contributed by atoms with Gasteiger partial charge in [0.15, 0.2) is 0 Å². The summed E-state index contributed by atoms with van der Waals surface area (Å²) in [4.78, 5) is 7.99. The molecule has 9 heteroatoms. The predicted molar refractivity (Wildman–Crippen MR) is 125 cm³/mol. The predicted octanol–water partition coefficient (Wildman–Crippen LogP) is 7.09. The van der Waals surface area contributed by atoms with Gasteiger partial charge in [-0.15, -0.1) is 0 Å². The SMILES string of the molecule is CC(C)Oc1ccccc1Nc1nc(Nc2ccc(OC3CCCC3)cc2)ncc1C(F)(F)F. The number of ether oxygens (including phenoxy) is 2. The van der Waals surface area contributed by atoms with Crippen molar-refractivity contribution in [3.05, 3.63) is 60.3 Å². The van der Waals surface area contributed by atoms with E-state index in [0.29, 0.717) is 17.1 Å². The molecule has 4 rings (SSSR count). The van der Waals surface area contributed by atoms with E-state index in [2.05, 4.69) is 20.6 Å². The lowest BCUT2D eigenvalue weighted by molar-refractivity contribution is -0.137. The van der Waals surface area contributed by atoms with E-state index in [1.54, 1.807) is 36.4 Å². The number of para-hydroxylation sites is 2. The molecular weight excluding hydrogens is 445 g/mol. The molecule has 0 spiro atoms. The van der Waals surface area contributed by atoms with Crippen molar-refractivity contribution in [1.29, 1.82) is 0 Å². The topological polar surface area (TPSA) is 68.3 Å². The van der Waals surface area contributed by atoms with E-state index in [9.17, 15) is 13.2 Å². The molecule has 0 atom stereocenters. The highest BCUT2D eigenvalue weighted by molar-refractivity contribution is 5.67. The van der Waals surface area contributed by atoms with Gasteiger partial charge in [-0.3, -0.25) is 0 Å². The van der Waals surface area contributed by atoms with E-state index < -0.39 is 11.7 Å². The Morgan fingerprint density at radius 3 is 2.35 bits per heavy atom. The lowest BCUT2D eigenvalue weighted by Crippen LogP contribution is -2.13. The molecular formula is C25H27F3N4O2. The van der Waals surface area contributed by atoms with E-state index in [0.717, 1.165) is 24.8 Å². The molecule has 0 saturated heterocycles. The van der Waals surface area contributed by atoms with Crippen LogP contribution in [-0.4, -0.2) is 22.2 Å². The van der Waals surface area contributed by atoms with Crippen LogP contribution in [0.25, 0.3) is 0 Å². The largest absolute Gasteiger partial charge is 0.490 e. The van der Waals surface area contributed by atoms with Gasteiger partial charge in [-0.25, -0.2) is 4.98 Å². The number of halogens is 3. The van der Waals surface area contributed by atoms with Crippen molar-refractivity contribution < 1.29 is 22.6 Å². The Balaban J connectivity index is 1.55. The van der Waals surface area contributed by atoms with Crippen molar-refractivity contribution in [3.63, 3.8) is 0 Å². The Bertz CT molecular complexity index is 1100. The molecule has 0 unspecified atom stereocenters. The maximum Gasteiger partial charge on any atom is 0.421 e. The van der Waals surface area contributed by atoms with Crippen LogP contribution in [0.1, 0.15) is 45.1 Å². The van der Waals surface area contributed by atoms with Gasteiger partial charge in [0, 0.05) is 11.9 Å². The summed E-state index contributed by atoms with van der Waals surface area (Å²) in [5, 5.41) is 5.73. The lowest BCUT2D eigenvalue weighted by Gasteiger charge is -2.18. The normalized spacial score (nSPS) is 14.3. The number of benzene rings is 2. The number of hydrogen-bond donors (Lipinski definition) is 2. The van der Waals surface area contributed by atoms with Gasteiger partial charge in [-0.2, -0.15) is 18.2 Å². The third-order valence-electron chi connectivity index (χ3n) is 5.31. The molecule has 2 N–H and O–H groups in total. The molecule has 0 bridgehead atoms. The molecule has 0 aliphatic heterocycles. The van der Waals surface area contributed by atoms with Crippen molar-refractivity contribution >= 4 is 23.1 Å². The van der Waals surface area contributed by atoms with Gasteiger partial charge in [-0.05, 0) is 75.9 Å². The molecule has 2 aromatic carbocycles. The van der Waals surface area contributed by atoms with Crippen LogP contribution in [0.3, 0.4) is 0 Å². The Morgan fingerprint density at radius 1 is 0.971 bits per heavy atom. The molecule has 1 fully saturated rings. The zero-order chi connectivity index (χ0) is 24.1. The van der Waals surface area contributed by atoms with Crippen LogP contribution >= 0.6 is 0 Å². The third kappa shape index (κ3) is 6.09. The first kappa shape index (κ1) is 23.7. The zero-order valence-electron chi connectivity index (χ0n) is 19.0. The summed E-state index contributed by atoms with van der Waals surface area (Å²) in [6.07, 6.45) is 0.706. The second kappa shape index (κ2) is 10.2. The summed E-state index contributed by atoms with van der Waals surface area (Å²) in [7, 11) is 0. The molecule has 6 nitrogen and oxygen atoms in total. The molecule has 34 heavy (non-hydrogen) atoms. The standard InChI is InChI=1S/C25H27F3N4O2/c1-16(2)33-22-10-6-5-9-21(22)31-23-20(25(26,27)28)15-29-24(32-23)30-17-11-13-19(14-12-17)34-18-7-3-4-8-18/h5-6,9-16,18H,3-4,7-8H2,1-2H3,(H2,29,30,31,32). The summed E-state index contributed by atoms with van der Waals surface area (Å²) in [5.41, 5.74) is 0.0329. The average Bonchev–Trinajstić information content (AvgIpc) is 3.29. The molecule has 1 aliphatic carbocycles. The Morgan fingerprint density at radius 2 is 1.68 bits per heavy atom. The molecule has 0 radical (unpaired) electrons. The van der Waals surface area contributed by atoms with Gasteiger partial charge in [0.25, 0.3) is 0 Å². The minimum absolute atomic E-state index is 0.0298. The van der Waals surface area contributed by atoms with Crippen LogP contribution < -0.4 is 20.1 Å². The number of rotatable bonds is 8. The Labute approximate surface area is 196 Å². The fraction of sp³-hybridized carbons (Fsp3) is 0.360. The molecule has 1 aromatic heterocycles. The van der Waals surface area contributed by atoms with E-state index in [1.165, 1.54) is 12.8 Å². The fourth-order valence-corrected chi connectivity index (χ4v) is 3.74. The third-order valence-corrected chi connectivity index (χ3v) is 5.31. The molecule has 180 valence electrons. The Kier molecular flexibility index (Phi) is 7.09. The lowest BCUT2D eigenvalue weighted by atomic mass is 10.2. The maximum absolute atomic E-state index is 13.6. The van der Waals surface area contributed by atoms with Crippen LogP contribution in [0.5, 0.6) is 11.5 Å². The van der Waals surface area contributed by atoms with E-state index in [1.807, 2.05) is 26.0 Å². The van der Waals surface area contributed by atoms with E-state index >= 15 is 0 Å². The fourth-order valence-electron chi connectivity index (χ4n) is 3.74. The number of aromatic nitrogens is 2. The first-order valence-corrected chi connectivity index (χ1v) is 11.3. The zero-order valence-corrected chi connectivity index (χ0v) is 19.0. The monoisotopic (exact) mass is 472 g/mol. The average molecular weight is 473 g/mol. The second-order valence-corrected chi connectivity index (χ2v) is 8.42. The number of hydrogen-bond acceptors (Lipinski definition) is 6. The molecule has 1 saturated carbocycles. The van der Waals surface area contributed by atoms with Crippen LogP contribution in [0.15, 0.2) is 54.7 Å². The maximum atomic E-state index is 13.6. The van der Waals surface area contributed by atoms with Crippen LogP contribution in [0.2, 0.25) is 0 Å². The van der Waals surface area contributed by atoms with Gasteiger partial charge < -0.3 is 20.1 Å². The quantitative estimate of drug-likeness (QED) is 0.365. The van der Waals surface area contributed by atoms with Crippen LogP contribution in [-0.2, 0) is 6.18 Å². The minimum atomic E-state index is -4.63. The smallest absolute Gasteiger partial charge is 0.421 e. The Hall–Kier alpha value is -3.49. The van der Waals surface area contributed by atoms with Gasteiger partial charge in [0.05, 0.1) is 17.9 Å². The first-order valence-electron chi connectivity index (χ1n) is 11.3. The minimum Gasteiger partial charge on any atom is -0.490 e. The highest BCUT2D eigenvalue weighted by Gasteiger charge is 2.35. The number of nitrogens with one attached hydrogen (secondary N) is 2. The van der Waals surface area contributed by atoms with Crippen molar-refractivity contribution in [1.82, 2.24) is 9.97 Å². The van der Waals surface area contributed by atoms with Crippen LogP contribution in [0.4, 0.5) is 36.3 Å². The van der Waals surface area contributed by atoms with Gasteiger partial charge >= 0.3 is 6.18 Å². The van der Waals surface area contributed by atoms with E-state index in [-0.39, 0.29) is 24.0 Å².